The Kier molecular flexibility index (Phi) is 6.18. The van der Waals surface area contributed by atoms with Crippen LogP contribution in [-0.2, 0) is 10.4 Å². The molecule has 9 nitrogen and oxygen atoms in total. The number of benzene rings is 1. The highest BCUT2D eigenvalue weighted by atomic mass is 16.5. The molecule has 6 rings (SSSR count). The molecule has 5 heterocycles. The first-order valence-corrected chi connectivity index (χ1v) is 13.4. The summed E-state index contributed by atoms with van der Waals surface area (Å²) in [6.45, 7) is 6.81. The predicted octanol–water partition coefficient (Wildman–Crippen LogP) is 4.57. The van der Waals surface area contributed by atoms with Crippen molar-refractivity contribution < 1.29 is 9.53 Å². The number of nitrogens with one attached hydrogen (secondary N) is 1. The second kappa shape index (κ2) is 9.54. The van der Waals surface area contributed by atoms with Crippen LogP contribution < -0.4 is 19.9 Å². The van der Waals surface area contributed by atoms with Crippen molar-refractivity contribution in [3.05, 3.63) is 48.5 Å². The summed E-state index contributed by atoms with van der Waals surface area (Å²) >= 11 is 0. The van der Waals surface area contributed by atoms with Crippen LogP contribution in [-0.4, -0.2) is 65.5 Å². The maximum absolute atomic E-state index is 12.3. The van der Waals surface area contributed by atoms with Crippen LogP contribution in [0.3, 0.4) is 0 Å². The predicted molar refractivity (Wildman–Crippen MR) is 149 cm³/mol. The molecule has 0 aliphatic carbocycles. The number of carbonyl (C=O) groups is 1. The molecule has 1 aromatic carbocycles. The van der Waals surface area contributed by atoms with Gasteiger partial charge in [-0.1, -0.05) is 0 Å². The van der Waals surface area contributed by atoms with Gasteiger partial charge >= 0.3 is 0 Å². The molecule has 2 aromatic heterocycles. The van der Waals surface area contributed by atoms with Gasteiger partial charge in [0, 0.05) is 61.2 Å². The normalized spacial score (nSPS) is 18.8. The number of anilines is 4. The molecule has 0 unspecified atom stereocenters. The first kappa shape index (κ1) is 24.6. The van der Waals surface area contributed by atoms with Crippen LogP contribution in [0.5, 0.6) is 5.75 Å². The van der Waals surface area contributed by atoms with E-state index in [9.17, 15) is 4.79 Å². The minimum atomic E-state index is -0.660. The van der Waals surface area contributed by atoms with Crippen LogP contribution in [0.1, 0.15) is 45.2 Å². The van der Waals surface area contributed by atoms with Gasteiger partial charge in [-0.25, -0.2) is 9.97 Å². The molecule has 1 amide bonds. The molecule has 38 heavy (non-hydrogen) atoms. The third-order valence-electron chi connectivity index (χ3n) is 7.90. The van der Waals surface area contributed by atoms with Crippen LogP contribution in [0.15, 0.2) is 42.9 Å². The lowest BCUT2D eigenvalue weighted by Crippen LogP contribution is -2.42. The molecule has 9 heteroatoms. The quantitative estimate of drug-likeness (QED) is 0.531. The van der Waals surface area contributed by atoms with Crippen molar-refractivity contribution in [2.45, 2.75) is 51.2 Å². The van der Waals surface area contributed by atoms with E-state index in [0.717, 1.165) is 78.5 Å². The van der Waals surface area contributed by atoms with E-state index in [-0.39, 0.29) is 5.91 Å². The number of ether oxygens (including phenoxy) is 1. The van der Waals surface area contributed by atoms with Crippen LogP contribution in [0, 0.1) is 0 Å². The van der Waals surface area contributed by atoms with E-state index < -0.39 is 5.60 Å². The first-order chi connectivity index (χ1) is 18.3. The summed E-state index contributed by atoms with van der Waals surface area (Å²) in [5, 5.41) is 3.35. The van der Waals surface area contributed by atoms with E-state index in [1.807, 2.05) is 49.3 Å². The Morgan fingerprint density at radius 3 is 2.58 bits per heavy atom. The Bertz CT molecular complexity index is 1360. The first-order valence-electron chi connectivity index (χ1n) is 13.4. The summed E-state index contributed by atoms with van der Waals surface area (Å²) < 4.78 is 6.43. The Hall–Kier alpha value is -3.72. The lowest BCUT2D eigenvalue weighted by Gasteiger charge is -2.36. The van der Waals surface area contributed by atoms with Gasteiger partial charge in [-0.2, -0.15) is 0 Å². The summed E-state index contributed by atoms with van der Waals surface area (Å²) in [5.74, 6) is 1.42. The van der Waals surface area contributed by atoms with E-state index in [0.29, 0.717) is 18.4 Å². The minimum Gasteiger partial charge on any atom is -0.481 e. The maximum atomic E-state index is 12.3. The molecule has 0 atom stereocenters. The summed E-state index contributed by atoms with van der Waals surface area (Å²) in [7, 11) is 4.31. The molecule has 3 aliphatic rings. The number of piperidine rings is 1. The summed E-state index contributed by atoms with van der Waals surface area (Å²) in [5.41, 5.74) is 4.88. The van der Waals surface area contributed by atoms with Gasteiger partial charge < -0.3 is 24.8 Å². The maximum Gasteiger partial charge on any atom is 0.227 e. The highest BCUT2D eigenvalue weighted by molar-refractivity contribution is 5.96. The molecule has 2 fully saturated rings. The molecule has 3 aromatic rings. The van der Waals surface area contributed by atoms with E-state index in [1.165, 1.54) is 0 Å². The monoisotopic (exact) mass is 513 g/mol. The molecule has 0 spiro atoms. The smallest absolute Gasteiger partial charge is 0.227 e. The molecule has 0 radical (unpaired) electrons. The fourth-order valence-electron chi connectivity index (χ4n) is 5.77. The molecular weight excluding hydrogens is 478 g/mol. The highest BCUT2D eigenvalue weighted by Crippen LogP contribution is 2.46. The van der Waals surface area contributed by atoms with Crippen molar-refractivity contribution in [3.63, 3.8) is 0 Å². The number of aromatic nitrogens is 3. The lowest BCUT2D eigenvalue weighted by molar-refractivity contribution is -0.117. The molecule has 0 bridgehead atoms. The van der Waals surface area contributed by atoms with Gasteiger partial charge in [-0.05, 0) is 65.4 Å². The average Bonchev–Trinajstić information content (AvgIpc) is 3.34. The molecule has 2 saturated heterocycles. The number of hydrogen-bond acceptors (Lipinski definition) is 8. The summed E-state index contributed by atoms with van der Waals surface area (Å²) in [4.78, 5) is 32.8. The van der Waals surface area contributed by atoms with Gasteiger partial charge in [0.1, 0.15) is 11.4 Å². The topological polar surface area (TPSA) is 86.7 Å². The molecule has 3 aliphatic heterocycles. The van der Waals surface area contributed by atoms with E-state index in [2.05, 4.69) is 45.2 Å². The van der Waals surface area contributed by atoms with Crippen LogP contribution >= 0.6 is 0 Å². The van der Waals surface area contributed by atoms with Crippen molar-refractivity contribution in [3.8, 4) is 16.9 Å². The Morgan fingerprint density at radius 1 is 1.03 bits per heavy atom. The highest BCUT2D eigenvalue weighted by Gasteiger charge is 2.36. The summed E-state index contributed by atoms with van der Waals surface area (Å²) in [6.07, 6.45) is 9.36. The Balaban J connectivity index is 1.24. The van der Waals surface area contributed by atoms with Crippen molar-refractivity contribution in [1.29, 1.82) is 0 Å². The Morgan fingerprint density at radius 2 is 1.84 bits per heavy atom. The molecule has 198 valence electrons. The third-order valence-corrected chi connectivity index (χ3v) is 7.90. The van der Waals surface area contributed by atoms with Crippen LogP contribution in [0.25, 0.3) is 11.1 Å². The van der Waals surface area contributed by atoms with Gasteiger partial charge in [-0.15, -0.1) is 0 Å². The number of carbonyl (C=O) groups excluding carboxylic acids is 1. The zero-order chi connectivity index (χ0) is 26.4. The van der Waals surface area contributed by atoms with Crippen molar-refractivity contribution in [1.82, 2.24) is 19.9 Å². The van der Waals surface area contributed by atoms with Crippen molar-refractivity contribution in [2.75, 3.05) is 48.8 Å². The SMILES string of the molecule is CN(C)C1CCN(c2cncc(Nc3ncc4c(n3)C(C)(C)Oc3cc(N5CCCC5=O)ccc3-4)c2)CC1. The largest absolute Gasteiger partial charge is 0.481 e. The number of amides is 1. The second-order valence-corrected chi connectivity index (χ2v) is 11.1. The van der Waals surface area contributed by atoms with E-state index in [4.69, 9.17) is 9.72 Å². The van der Waals surface area contributed by atoms with E-state index in [1.54, 1.807) is 6.20 Å². The summed E-state index contributed by atoms with van der Waals surface area (Å²) in [6, 6.07) is 8.71. The van der Waals surface area contributed by atoms with Crippen LogP contribution in [0.4, 0.5) is 23.0 Å². The van der Waals surface area contributed by atoms with Crippen molar-refractivity contribution in [2.24, 2.45) is 0 Å². The van der Waals surface area contributed by atoms with Gasteiger partial charge in [0.25, 0.3) is 0 Å². The molecular formula is C29H35N7O2. The Labute approximate surface area is 223 Å². The van der Waals surface area contributed by atoms with Crippen molar-refractivity contribution >= 4 is 28.9 Å². The van der Waals surface area contributed by atoms with Gasteiger partial charge in [-0.3, -0.25) is 9.78 Å². The van der Waals surface area contributed by atoms with Gasteiger partial charge in [0.2, 0.25) is 11.9 Å². The van der Waals surface area contributed by atoms with E-state index >= 15 is 0 Å². The fourth-order valence-corrected chi connectivity index (χ4v) is 5.77. The number of nitrogens with zero attached hydrogens (tertiary/aromatic N) is 6. The molecule has 1 N–H and O–H groups in total. The van der Waals surface area contributed by atoms with Gasteiger partial charge in [0.05, 0.1) is 29.5 Å². The standard InChI is InChI=1S/C29H35N7O2/c1-29(2)27-24(23-8-7-21(15-25(23)38-29)36-11-5-6-26(36)37)18-31-28(33-27)32-19-14-22(17-30-16-19)35-12-9-20(10-13-35)34(3)4/h7-8,14-18,20H,5-6,9-13H2,1-4H3,(H,31,32,33). The number of fused-ring (bicyclic) bond motifs is 3. The second-order valence-electron chi connectivity index (χ2n) is 11.1. The minimum absolute atomic E-state index is 0.163. The molecule has 0 saturated carbocycles. The number of pyridine rings is 1. The zero-order valence-electron chi connectivity index (χ0n) is 22.6. The van der Waals surface area contributed by atoms with Crippen LogP contribution in [0.2, 0.25) is 0 Å². The zero-order valence-corrected chi connectivity index (χ0v) is 22.6. The number of rotatable bonds is 5. The number of hydrogen-bond donors (Lipinski definition) is 1. The third kappa shape index (κ3) is 4.55. The average molecular weight is 514 g/mol. The fraction of sp³-hybridized carbons (Fsp3) is 0.448. The lowest BCUT2D eigenvalue weighted by atomic mass is 9.91. The van der Waals surface area contributed by atoms with Gasteiger partial charge in [0.15, 0.2) is 0 Å².